The summed E-state index contributed by atoms with van der Waals surface area (Å²) >= 11 is 7.07. The molecule has 88 valence electrons. The molecule has 0 radical (unpaired) electrons. The van der Waals surface area contributed by atoms with Crippen LogP contribution in [-0.4, -0.2) is 36.0 Å². The van der Waals surface area contributed by atoms with Crippen LogP contribution in [0.3, 0.4) is 0 Å². The Morgan fingerprint density at radius 3 is 3.00 bits per heavy atom. The molecule has 1 aliphatic heterocycles. The third-order valence-corrected chi connectivity index (χ3v) is 3.93. The molecule has 2 rings (SSSR count). The maximum Gasteiger partial charge on any atom is 0.120 e. The quantitative estimate of drug-likeness (QED) is 0.774. The van der Waals surface area contributed by atoms with E-state index in [1.54, 1.807) is 0 Å². The number of ether oxygens (including phenoxy) is 1. The Labute approximate surface area is 113 Å². The zero-order chi connectivity index (χ0) is 11.4. The first-order valence-corrected chi connectivity index (χ1v) is 7.20. The van der Waals surface area contributed by atoms with Crippen molar-refractivity contribution in [2.45, 2.75) is 11.2 Å². The fraction of sp³-hybridized carbons (Fsp3) is 0.500. The summed E-state index contributed by atoms with van der Waals surface area (Å²) in [5, 5.41) is 0. The molecule has 1 fully saturated rings. The van der Waals surface area contributed by atoms with Crippen molar-refractivity contribution in [3.05, 3.63) is 28.7 Å². The van der Waals surface area contributed by atoms with Crippen molar-refractivity contribution < 1.29 is 4.74 Å². The van der Waals surface area contributed by atoms with Gasteiger partial charge in [0.25, 0.3) is 0 Å². The summed E-state index contributed by atoms with van der Waals surface area (Å²) in [6.07, 6.45) is 1.25. The van der Waals surface area contributed by atoms with Crippen molar-refractivity contribution in [1.82, 2.24) is 4.90 Å². The van der Waals surface area contributed by atoms with Crippen LogP contribution in [0.1, 0.15) is 6.42 Å². The molecular formula is C12H15Br2NO. The Morgan fingerprint density at radius 1 is 1.44 bits per heavy atom. The lowest BCUT2D eigenvalue weighted by Gasteiger charge is -2.15. The second-order valence-corrected chi connectivity index (χ2v) is 6.20. The molecule has 1 aliphatic rings. The smallest absolute Gasteiger partial charge is 0.120 e. The molecule has 0 aliphatic carbocycles. The van der Waals surface area contributed by atoms with Crippen LogP contribution in [-0.2, 0) is 0 Å². The minimum absolute atomic E-state index is 0.665. The first kappa shape index (κ1) is 12.4. The Balaban J connectivity index is 1.72. The van der Waals surface area contributed by atoms with E-state index in [0.29, 0.717) is 4.83 Å². The summed E-state index contributed by atoms with van der Waals surface area (Å²) in [5.74, 6) is 0.934. The van der Waals surface area contributed by atoms with Crippen LogP contribution in [0.5, 0.6) is 5.75 Å². The molecule has 0 spiro atoms. The Morgan fingerprint density at radius 2 is 2.31 bits per heavy atom. The van der Waals surface area contributed by atoms with E-state index in [0.717, 1.165) is 29.9 Å². The number of halogens is 2. The molecule has 0 saturated carbocycles. The van der Waals surface area contributed by atoms with Crippen LogP contribution in [0.15, 0.2) is 28.7 Å². The van der Waals surface area contributed by atoms with Crippen LogP contribution >= 0.6 is 31.9 Å². The highest BCUT2D eigenvalue weighted by Gasteiger charge is 2.19. The Kier molecular flexibility index (Phi) is 4.67. The van der Waals surface area contributed by atoms with Crippen molar-refractivity contribution in [1.29, 1.82) is 0 Å². The summed E-state index contributed by atoms with van der Waals surface area (Å²) in [6, 6.07) is 7.98. The van der Waals surface area contributed by atoms with E-state index in [2.05, 4.69) is 36.8 Å². The first-order valence-electron chi connectivity index (χ1n) is 5.49. The fourth-order valence-corrected chi connectivity index (χ4v) is 2.83. The number of rotatable bonds is 4. The third kappa shape index (κ3) is 3.75. The Hall–Kier alpha value is -0.0600. The van der Waals surface area contributed by atoms with Crippen molar-refractivity contribution in [3.63, 3.8) is 0 Å². The number of nitrogens with zero attached hydrogens (tertiary/aromatic N) is 1. The van der Waals surface area contributed by atoms with Crippen molar-refractivity contribution in [2.75, 3.05) is 26.2 Å². The lowest BCUT2D eigenvalue weighted by Crippen LogP contribution is -2.26. The van der Waals surface area contributed by atoms with E-state index in [1.807, 2.05) is 24.3 Å². The molecule has 1 aromatic rings. The Bertz CT molecular complexity index is 346. The van der Waals surface area contributed by atoms with Gasteiger partial charge in [0, 0.05) is 22.4 Å². The largest absolute Gasteiger partial charge is 0.492 e. The molecule has 1 heterocycles. The zero-order valence-corrected chi connectivity index (χ0v) is 12.2. The summed E-state index contributed by atoms with van der Waals surface area (Å²) in [7, 11) is 0. The number of likely N-dealkylation sites (tertiary alicyclic amines) is 1. The van der Waals surface area contributed by atoms with E-state index in [4.69, 9.17) is 4.74 Å². The van der Waals surface area contributed by atoms with Gasteiger partial charge < -0.3 is 4.74 Å². The molecule has 1 aromatic carbocycles. The minimum Gasteiger partial charge on any atom is -0.492 e. The standard InChI is InChI=1S/C12H15Br2NO/c13-10-2-1-3-12(8-10)16-7-6-15-5-4-11(14)9-15/h1-3,8,11H,4-7,9H2. The molecule has 0 amide bonds. The fourth-order valence-electron chi connectivity index (χ4n) is 1.84. The van der Waals surface area contributed by atoms with Gasteiger partial charge in [-0.05, 0) is 31.2 Å². The van der Waals surface area contributed by atoms with Crippen LogP contribution in [0.2, 0.25) is 0 Å². The van der Waals surface area contributed by atoms with E-state index < -0.39 is 0 Å². The second-order valence-electron chi connectivity index (χ2n) is 3.99. The highest BCUT2D eigenvalue weighted by atomic mass is 79.9. The second kappa shape index (κ2) is 6.03. The van der Waals surface area contributed by atoms with Crippen LogP contribution in [0.4, 0.5) is 0 Å². The lowest BCUT2D eigenvalue weighted by molar-refractivity contribution is 0.238. The van der Waals surface area contributed by atoms with Gasteiger partial charge >= 0.3 is 0 Å². The molecule has 1 atom stereocenters. The molecule has 2 nitrogen and oxygen atoms in total. The first-order chi connectivity index (χ1) is 7.74. The van der Waals surface area contributed by atoms with Crippen molar-refractivity contribution in [3.8, 4) is 5.75 Å². The summed E-state index contributed by atoms with van der Waals surface area (Å²) < 4.78 is 6.76. The molecule has 0 N–H and O–H groups in total. The average molecular weight is 349 g/mol. The van der Waals surface area contributed by atoms with Gasteiger partial charge in [-0.25, -0.2) is 0 Å². The highest BCUT2D eigenvalue weighted by Crippen LogP contribution is 2.18. The van der Waals surface area contributed by atoms with Gasteiger partial charge in [-0.1, -0.05) is 37.9 Å². The zero-order valence-electron chi connectivity index (χ0n) is 9.03. The molecule has 1 saturated heterocycles. The average Bonchev–Trinajstić information content (AvgIpc) is 2.64. The predicted molar refractivity (Wildman–Crippen MR) is 73.4 cm³/mol. The van der Waals surface area contributed by atoms with E-state index in [1.165, 1.54) is 13.0 Å². The van der Waals surface area contributed by atoms with E-state index >= 15 is 0 Å². The van der Waals surface area contributed by atoms with Gasteiger partial charge in [0.2, 0.25) is 0 Å². The number of alkyl halides is 1. The molecule has 0 aromatic heterocycles. The highest BCUT2D eigenvalue weighted by molar-refractivity contribution is 9.10. The third-order valence-electron chi connectivity index (χ3n) is 2.69. The number of hydrogen-bond acceptors (Lipinski definition) is 2. The lowest BCUT2D eigenvalue weighted by atomic mass is 10.3. The van der Waals surface area contributed by atoms with E-state index in [-0.39, 0.29) is 0 Å². The molecule has 1 unspecified atom stereocenters. The van der Waals surface area contributed by atoms with Crippen LogP contribution in [0.25, 0.3) is 0 Å². The minimum atomic E-state index is 0.665. The molecule has 0 bridgehead atoms. The topological polar surface area (TPSA) is 12.5 Å². The van der Waals surface area contributed by atoms with Gasteiger partial charge in [0.15, 0.2) is 0 Å². The normalized spacial score (nSPS) is 21.2. The number of benzene rings is 1. The summed E-state index contributed by atoms with van der Waals surface area (Å²) in [5.41, 5.74) is 0. The summed E-state index contributed by atoms with van der Waals surface area (Å²) in [6.45, 7) is 4.09. The van der Waals surface area contributed by atoms with Gasteiger partial charge in [-0.2, -0.15) is 0 Å². The van der Waals surface area contributed by atoms with Gasteiger partial charge in [0.05, 0.1) is 0 Å². The van der Waals surface area contributed by atoms with Gasteiger partial charge in [-0.3, -0.25) is 4.90 Å². The number of hydrogen-bond donors (Lipinski definition) is 0. The SMILES string of the molecule is Brc1cccc(OCCN2CCC(Br)C2)c1. The van der Waals surface area contributed by atoms with Crippen LogP contribution < -0.4 is 4.74 Å². The predicted octanol–water partition coefficient (Wildman–Crippen LogP) is 3.30. The summed E-state index contributed by atoms with van der Waals surface area (Å²) in [4.78, 5) is 3.09. The maximum atomic E-state index is 5.70. The van der Waals surface area contributed by atoms with Gasteiger partial charge in [-0.15, -0.1) is 0 Å². The molecule has 4 heteroatoms. The maximum absolute atomic E-state index is 5.70. The van der Waals surface area contributed by atoms with Crippen molar-refractivity contribution >= 4 is 31.9 Å². The van der Waals surface area contributed by atoms with Crippen molar-refractivity contribution in [2.24, 2.45) is 0 Å². The van der Waals surface area contributed by atoms with Crippen LogP contribution in [0, 0.1) is 0 Å². The van der Waals surface area contributed by atoms with E-state index in [9.17, 15) is 0 Å². The monoisotopic (exact) mass is 347 g/mol. The molecule has 16 heavy (non-hydrogen) atoms. The van der Waals surface area contributed by atoms with Gasteiger partial charge in [0.1, 0.15) is 12.4 Å². The molecular weight excluding hydrogens is 334 g/mol.